The van der Waals surface area contributed by atoms with E-state index in [0.717, 1.165) is 5.75 Å². The SMILES string of the molecule is CO[Si](CCS[Si](OC)(OC)OC)(OC)OC. The van der Waals surface area contributed by atoms with Gasteiger partial charge in [0.25, 0.3) is 0 Å². The zero-order chi connectivity index (χ0) is 13.4. The van der Waals surface area contributed by atoms with Crippen molar-refractivity contribution >= 4 is 28.0 Å². The molecule has 0 bridgehead atoms. The monoisotopic (exact) mass is 302 g/mol. The minimum atomic E-state index is -2.58. The molecule has 0 aliphatic carbocycles. The van der Waals surface area contributed by atoms with Crippen LogP contribution in [0.1, 0.15) is 0 Å². The molecule has 0 spiro atoms. The summed E-state index contributed by atoms with van der Waals surface area (Å²) in [6.45, 7) is 0. The van der Waals surface area contributed by atoms with E-state index in [2.05, 4.69) is 0 Å². The van der Waals surface area contributed by atoms with E-state index in [-0.39, 0.29) is 0 Å². The lowest BCUT2D eigenvalue weighted by Crippen LogP contribution is -2.45. The summed E-state index contributed by atoms with van der Waals surface area (Å²) in [5.41, 5.74) is 0. The zero-order valence-corrected chi connectivity index (χ0v) is 14.1. The lowest BCUT2D eigenvalue weighted by atomic mass is 11.0. The van der Waals surface area contributed by atoms with Crippen molar-refractivity contribution in [2.24, 2.45) is 0 Å². The molecule has 0 aromatic carbocycles. The molecule has 0 aliphatic heterocycles. The fraction of sp³-hybridized carbons (Fsp3) is 1.00. The van der Waals surface area contributed by atoms with Gasteiger partial charge in [-0.3, -0.25) is 0 Å². The minimum absolute atomic E-state index is 0.673. The van der Waals surface area contributed by atoms with Gasteiger partial charge in [-0.1, -0.05) is 11.2 Å². The Morgan fingerprint density at radius 1 is 0.706 bits per heavy atom. The smallest absolute Gasteiger partial charge is 0.377 e. The maximum atomic E-state index is 5.33. The van der Waals surface area contributed by atoms with E-state index in [1.54, 1.807) is 42.7 Å². The molecular weight excluding hydrogens is 280 g/mol. The molecule has 0 rings (SSSR count). The summed E-state index contributed by atoms with van der Waals surface area (Å²) in [4.78, 5) is 0. The Bertz CT molecular complexity index is 164. The number of hydrogen-bond donors (Lipinski definition) is 0. The van der Waals surface area contributed by atoms with Gasteiger partial charge < -0.3 is 26.6 Å². The lowest BCUT2D eigenvalue weighted by Gasteiger charge is -2.26. The van der Waals surface area contributed by atoms with E-state index in [0.29, 0.717) is 6.04 Å². The molecule has 0 fully saturated rings. The molecular formula is C8H22O6SSi2. The van der Waals surface area contributed by atoms with E-state index >= 15 is 0 Å². The van der Waals surface area contributed by atoms with Crippen molar-refractivity contribution < 1.29 is 26.6 Å². The molecule has 0 aromatic rings. The van der Waals surface area contributed by atoms with Gasteiger partial charge in [-0.2, -0.15) is 0 Å². The fourth-order valence-corrected chi connectivity index (χ4v) is 7.64. The molecule has 0 aliphatic rings. The first-order valence-corrected chi connectivity index (χ1v) is 10.4. The molecule has 0 aromatic heterocycles. The summed E-state index contributed by atoms with van der Waals surface area (Å²) in [7, 11) is 4.43. The third-order valence-corrected chi connectivity index (χ3v) is 10.9. The highest BCUT2D eigenvalue weighted by Gasteiger charge is 2.43. The average Bonchev–Trinajstić information content (AvgIpc) is 2.41. The second kappa shape index (κ2) is 8.61. The van der Waals surface area contributed by atoms with Gasteiger partial charge in [0.1, 0.15) is 0 Å². The summed E-state index contributed by atoms with van der Waals surface area (Å²) < 4.78 is 31.9. The van der Waals surface area contributed by atoms with Gasteiger partial charge in [0, 0.05) is 48.7 Å². The zero-order valence-electron chi connectivity index (χ0n) is 11.3. The van der Waals surface area contributed by atoms with Crippen molar-refractivity contribution in [2.45, 2.75) is 6.04 Å². The predicted molar refractivity (Wildman–Crippen MR) is 70.8 cm³/mol. The van der Waals surface area contributed by atoms with Gasteiger partial charge in [-0.05, 0) is 5.75 Å². The van der Waals surface area contributed by atoms with Gasteiger partial charge in [0.05, 0.1) is 0 Å². The van der Waals surface area contributed by atoms with Crippen LogP contribution < -0.4 is 0 Å². The van der Waals surface area contributed by atoms with Crippen molar-refractivity contribution in [3.05, 3.63) is 0 Å². The largest absolute Gasteiger partial charge is 0.572 e. The maximum absolute atomic E-state index is 5.33. The maximum Gasteiger partial charge on any atom is 0.572 e. The summed E-state index contributed by atoms with van der Waals surface area (Å²) in [5.74, 6) is 0.726. The van der Waals surface area contributed by atoms with Crippen molar-refractivity contribution in [1.82, 2.24) is 0 Å². The molecule has 0 radical (unpaired) electrons. The van der Waals surface area contributed by atoms with Gasteiger partial charge in [0.2, 0.25) is 0 Å². The van der Waals surface area contributed by atoms with Crippen LogP contribution in [0.4, 0.5) is 0 Å². The van der Waals surface area contributed by atoms with Gasteiger partial charge >= 0.3 is 16.8 Å². The topological polar surface area (TPSA) is 55.4 Å². The highest BCUT2D eigenvalue weighted by Crippen LogP contribution is 2.26. The summed E-state index contributed by atoms with van der Waals surface area (Å²) in [6, 6.07) is 0.673. The van der Waals surface area contributed by atoms with Crippen LogP contribution in [0.2, 0.25) is 6.04 Å². The Morgan fingerprint density at radius 2 is 1.12 bits per heavy atom. The quantitative estimate of drug-likeness (QED) is 0.557. The molecule has 0 atom stereocenters. The van der Waals surface area contributed by atoms with Gasteiger partial charge in [0.15, 0.2) is 0 Å². The first-order chi connectivity index (χ1) is 8.07. The first-order valence-electron chi connectivity index (χ1n) is 5.02. The normalized spacial score (nSPS) is 13.1. The summed E-state index contributed by atoms with van der Waals surface area (Å²) in [6.07, 6.45) is 0. The van der Waals surface area contributed by atoms with E-state index in [1.807, 2.05) is 0 Å². The van der Waals surface area contributed by atoms with Gasteiger partial charge in [-0.25, -0.2) is 0 Å². The van der Waals surface area contributed by atoms with E-state index in [1.165, 1.54) is 11.2 Å². The van der Waals surface area contributed by atoms with E-state index in [4.69, 9.17) is 26.6 Å². The van der Waals surface area contributed by atoms with Crippen LogP contribution in [0.3, 0.4) is 0 Å². The Balaban J connectivity index is 4.28. The van der Waals surface area contributed by atoms with Crippen molar-refractivity contribution in [2.75, 3.05) is 48.4 Å². The van der Waals surface area contributed by atoms with Crippen LogP contribution >= 0.6 is 11.2 Å². The Labute approximate surface area is 109 Å². The molecule has 0 unspecified atom stereocenters. The molecule has 6 nitrogen and oxygen atoms in total. The average molecular weight is 302 g/mol. The van der Waals surface area contributed by atoms with Crippen LogP contribution in [-0.4, -0.2) is 65.2 Å². The minimum Gasteiger partial charge on any atom is -0.377 e. The van der Waals surface area contributed by atoms with Crippen LogP contribution in [0.5, 0.6) is 0 Å². The van der Waals surface area contributed by atoms with Crippen LogP contribution in [0.15, 0.2) is 0 Å². The molecule has 104 valence electrons. The first kappa shape index (κ1) is 17.5. The molecule has 0 saturated carbocycles. The van der Waals surface area contributed by atoms with Crippen molar-refractivity contribution in [1.29, 1.82) is 0 Å². The number of rotatable bonds is 10. The molecule has 17 heavy (non-hydrogen) atoms. The number of hydrogen-bond acceptors (Lipinski definition) is 7. The second-order valence-electron chi connectivity index (χ2n) is 3.01. The molecule has 0 saturated heterocycles. The lowest BCUT2D eigenvalue weighted by molar-refractivity contribution is 0.125. The predicted octanol–water partition coefficient (Wildman–Crippen LogP) is 0.972. The van der Waals surface area contributed by atoms with E-state index < -0.39 is 16.8 Å². The van der Waals surface area contributed by atoms with Crippen LogP contribution in [0.25, 0.3) is 0 Å². The third kappa shape index (κ3) is 4.97. The molecule has 0 amide bonds. The van der Waals surface area contributed by atoms with E-state index in [9.17, 15) is 0 Å². The standard InChI is InChI=1S/C8H22O6SSi2/c1-9-16(10-2,11-3)8-7-15-17(12-4,13-5)14-6/h7-8H2,1-6H3. The molecule has 0 N–H and O–H groups in total. The molecule has 9 heteroatoms. The van der Waals surface area contributed by atoms with Gasteiger partial charge in [-0.15, -0.1) is 0 Å². The Morgan fingerprint density at radius 3 is 1.41 bits per heavy atom. The highest BCUT2D eigenvalue weighted by atomic mass is 32.4. The molecule has 0 heterocycles. The summed E-state index contributed by atoms with van der Waals surface area (Å²) in [5, 5.41) is 0. The summed E-state index contributed by atoms with van der Waals surface area (Å²) >= 11 is 1.51. The van der Waals surface area contributed by atoms with Crippen LogP contribution in [-0.2, 0) is 26.6 Å². The second-order valence-corrected chi connectivity index (χ2v) is 11.4. The highest BCUT2D eigenvalue weighted by molar-refractivity contribution is 8.26. The third-order valence-electron chi connectivity index (χ3n) is 2.37. The van der Waals surface area contributed by atoms with Crippen molar-refractivity contribution in [3.8, 4) is 0 Å². The van der Waals surface area contributed by atoms with Crippen molar-refractivity contribution in [3.63, 3.8) is 0 Å². The van der Waals surface area contributed by atoms with Crippen LogP contribution in [0, 0.1) is 0 Å². The fourth-order valence-electron chi connectivity index (χ4n) is 1.28. The Hall–Kier alpha value is 0.544. The Kier molecular flexibility index (Phi) is 8.89.